The highest BCUT2D eigenvalue weighted by Crippen LogP contribution is 2.39. The Kier molecular flexibility index (Phi) is 5.94. The highest BCUT2D eigenvalue weighted by atomic mass is 35.5. The molecule has 3 aromatic carbocycles. The SMILES string of the molecule is COc1ccc([C@@H](C)/N=C2\CCC(c3ccc(Cl)c(Cl)c3)c3ccccc32)cc1. The summed E-state index contributed by atoms with van der Waals surface area (Å²) in [6.07, 6.45) is 1.94. The first kappa shape index (κ1) is 20.0. The number of benzene rings is 3. The number of hydrogen-bond acceptors (Lipinski definition) is 2. The highest BCUT2D eigenvalue weighted by molar-refractivity contribution is 6.42. The van der Waals surface area contributed by atoms with E-state index in [1.54, 1.807) is 7.11 Å². The quantitative estimate of drug-likeness (QED) is 0.426. The van der Waals surface area contributed by atoms with Gasteiger partial charge in [0.2, 0.25) is 0 Å². The maximum atomic E-state index is 6.28. The molecule has 0 saturated heterocycles. The molecule has 1 aliphatic carbocycles. The third-order valence-electron chi connectivity index (χ3n) is 5.61. The second-order valence-corrected chi connectivity index (χ2v) is 8.19. The summed E-state index contributed by atoms with van der Waals surface area (Å²) >= 11 is 12.4. The number of ether oxygens (including phenoxy) is 1. The van der Waals surface area contributed by atoms with Crippen molar-refractivity contribution < 1.29 is 4.74 Å². The molecule has 3 aromatic rings. The van der Waals surface area contributed by atoms with E-state index >= 15 is 0 Å². The molecule has 0 N–H and O–H groups in total. The molecule has 0 spiro atoms. The molecule has 0 radical (unpaired) electrons. The first-order valence-electron chi connectivity index (χ1n) is 9.81. The maximum Gasteiger partial charge on any atom is 0.118 e. The largest absolute Gasteiger partial charge is 0.497 e. The van der Waals surface area contributed by atoms with Crippen LogP contribution >= 0.6 is 23.2 Å². The molecule has 0 saturated carbocycles. The summed E-state index contributed by atoms with van der Waals surface area (Å²) in [5.74, 6) is 1.16. The molecule has 0 heterocycles. The molecule has 4 rings (SSSR count). The van der Waals surface area contributed by atoms with Gasteiger partial charge in [0.15, 0.2) is 0 Å². The van der Waals surface area contributed by atoms with Crippen LogP contribution in [0.5, 0.6) is 5.75 Å². The zero-order valence-electron chi connectivity index (χ0n) is 16.5. The van der Waals surface area contributed by atoms with Gasteiger partial charge in [-0.15, -0.1) is 0 Å². The molecule has 1 unspecified atom stereocenters. The lowest BCUT2D eigenvalue weighted by atomic mass is 9.78. The third kappa shape index (κ3) is 4.19. The molecule has 0 bridgehead atoms. The molecule has 29 heavy (non-hydrogen) atoms. The van der Waals surface area contributed by atoms with Gasteiger partial charge in [0, 0.05) is 11.6 Å². The summed E-state index contributed by atoms with van der Waals surface area (Å²) in [4.78, 5) is 5.09. The van der Waals surface area contributed by atoms with Crippen LogP contribution in [0.4, 0.5) is 0 Å². The Morgan fingerprint density at radius 3 is 2.45 bits per heavy atom. The van der Waals surface area contributed by atoms with Crippen molar-refractivity contribution in [3.63, 3.8) is 0 Å². The van der Waals surface area contributed by atoms with Gasteiger partial charge < -0.3 is 4.74 Å². The van der Waals surface area contributed by atoms with Crippen molar-refractivity contribution in [1.29, 1.82) is 0 Å². The van der Waals surface area contributed by atoms with E-state index in [0.717, 1.165) is 18.6 Å². The van der Waals surface area contributed by atoms with E-state index in [1.165, 1.54) is 28.0 Å². The highest BCUT2D eigenvalue weighted by Gasteiger charge is 2.26. The molecule has 0 aromatic heterocycles. The number of fused-ring (bicyclic) bond motifs is 1. The molecule has 4 heteroatoms. The number of aliphatic imine (C=N–C) groups is 1. The van der Waals surface area contributed by atoms with Gasteiger partial charge in [-0.25, -0.2) is 0 Å². The van der Waals surface area contributed by atoms with E-state index < -0.39 is 0 Å². The fourth-order valence-corrected chi connectivity index (χ4v) is 4.34. The fourth-order valence-electron chi connectivity index (χ4n) is 4.04. The summed E-state index contributed by atoms with van der Waals surface area (Å²) in [6.45, 7) is 2.14. The second-order valence-electron chi connectivity index (χ2n) is 7.38. The lowest BCUT2D eigenvalue weighted by Gasteiger charge is -2.28. The Morgan fingerprint density at radius 2 is 1.72 bits per heavy atom. The number of hydrogen-bond donors (Lipinski definition) is 0. The van der Waals surface area contributed by atoms with Gasteiger partial charge in [-0.05, 0) is 66.3 Å². The molecule has 0 aliphatic heterocycles. The average molecular weight is 424 g/mol. The van der Waals surface area contributed by atoms with Crippen LogP contribution < -0.4 is 4.74 Å². The second kappa shape index (κ2) is 8.61. The standard InChI is InChI=1S/C25H23Cl2NO/c1-16(17-7-10-19(29-2)11-8-17)28-25-14-12-20(21-5-3-4-6-22(21)25)18-9-13-23(26)24(27)15-18/h3-11,13,15-16,20H,12,14H2,1-2H3/b28-25+/t16-,20?/m1/s1. The predicted octanol–water partition coefficient (Wildman–Crippen LogP) is 7.48. The molecule has 0 amide bonds. The smallest absolute Gasteiger partial charge is 0.118 e. The van der Waals surface area contributed by atoms with Gasteiger partial charge in [-0.2, -0.15) is 0 Å². The normalized spacial score (nSPS) is 18.3. The summed E-state index contributed by atoms with van der Waals surface area (Å²) < 4.78 is 5.26. The first-order chi connectivity index (χ1) is 14.1. The maximum absolute atomic E-state index is 6.28. The number of methoxy groups -OCH3 is 1. The summed E-state index contributed by atoms with van der Waals surface area (Å²) in [5.41, 5.74) is 6.09. The Hall–Kier alpha value is -2.29. The minimum absolute atomic E-state index is 0.0884. The zero-order chi connectivity index (χ0) is 20.4. The van der Waals surface area contributed by atoms with Crippen molar-refractivity contribution in [2.75, 3.05) is 7.11 Å². The lowest BCUT2D eigenvalue weighted by Crippen LogP contribution is -2.18. The minimum atomic E-state index is 0.0884. The molecular weight excluding hydrogens is 401 g/mol. The lowest BCUT2D eigenvalue weighted by molar-refractivity contribution is 0.414. The van der Waals surface area contributed by atoms with Crippen LogP contribution in [0, 0.1) is 0 Å². The predicted molar refractivity (Wildman–Crippen MR) is 122 cm³/mol. The van der Waals surface area contributed by atoms with Crippen LogP contribution in [-0.4, -0.2) is 12.8 Å². The van der Waals surface area contributed by atoms with E-state index in [-0.39, 0.29) is 6.04 Å². The summed E-state index contributed by atoms with van der Waals surface area (Å²) in [7, 11) is 1.68. The molecule has 0 fully saturated rings. The van der Waals surface area contributed by atoms with Crippen LogP contribution in [0.15, 0.2) is 71.7 Å². The summed E-state index contributed by atoms with van der Waals surface area (Å²) in [5, 5.41) is 1.20. The zero-order valence-corrected chi connectivity index (χ0v) is 18.0. The Bertz CT molecular complexity index is 1040. The van der Waals surface area contributed by atoms with Crippen LogP contribution in [0.25, 0.3) is 0 Å². The Balaban J connectivity index is 1.67. The summed E-state index contributed by atoms with van der Waals surface area (Å²) in [6, 6.07) is 22.8. The molecule has 2 nitrogen and oxygen atoms in total. The average Bonchev–Trinajstić information content (AvgIpc) is 2.76. The van der Waals surface area contributed by atoms with Crippen molar-refractivity contribution in [2.24, 2.45) is 4.99 Å². The van der Waals surface area contributed by atoms with Gasteiger partial charge in [-0.1, -0.05) is 65.7 Å². The van der Waals surface area contributed by atoms with E-state index in [2.05, 4.69) is 49.4 Å². The third-order valence-corrected chi connectivity index (χ3v) is 6.35. The van der Waals surface area contributed by atoms with E-state index in [9.17, 15) is 0 Å². The molecule has 2 atom stereocenters. The van der Waals surface area contributed by atoms with Crippen LogP contribution in [0.2, 0.25) is 10.0 Å². The number of rotatable bonds is 4. The van der Waals surface area contributed by atoms with E-state index in [4.69, 9.17) is 32.9 Å². The topological polar surface area (TPSA) is 21.6 Å². The Morgan fingerprint density at radius 1 is 0.966 bits per heavy atom. The van der Waals surface area contributed by atoms with Crippen LogP contribution in [0.1, 0.15) is 54.0 Å². The van der Waals surface area contributed by atoms with Crippen LogP contribution in [0.3, 0.4) is 0 Å². The molecular formula is C25H23Cl2NO. The Labute approximate surface area is 182 Å². The van der Waals surface area contributed by atoms with Gasteiger partial charge >= 0.3 is 0 Å². The molecule has 1 aliphatic rings. The first-order valence-corrected chi connectivity index (χ1v) is 10.6. The van der Waals surface area contributed by atoms with Gasteiger partial charge in [0.1, 0.15) is 5.75 Å². The van der Waals surface area contributed by atoms with Gasteiger partial charge in [-0.3, -0.25) is 4.99 Å². The minimum Gasteiger partial charge on any atom is -0.497 e. The molecule has 148 valence electrons. The van der Waals surface area contributed by atoms with Gasteiger partial charge in [0.05, 0.1) is 23.2 Å². The van der Waals surface area contributed by atoms with E-state index in [0.29, 0.717) is 16.0 Å². The van der Waals surface area contributed by atoms with Gasteiger partial charge in [0.25, 0.3) is 0 Å². The van der Waals surface area contributed by atoms with Crippen molar-refractivity contribution in [3.8, 4) is 5.75 Å². The van der Waals surface area contributed by atoms with Crippen molar-refractivity contribution in [3.05, 3.63) is 99.0 Å². The number of nitrogens with zero attached hydrogens (tertiary/aromatic N) is 1. The van der Waals surface area contributed by atoms with Crippen molar-refractivity contribution >= 4 is 28.9 Å². The van der Waals surface area contributed by atoms with Crippen LogP contribution in [-0.2, 0) is 0 Å². The van der Waals surface area contributed by atoms with Crippen molar-refractivity contribution in [2.45, 2.75) is 31.7 Å². The van der Waals surface area contributed by atoms with E-state index in [1.807, 2.05) is 24.3 Å². The fraction of sp³-hybridized carbons (Fsp3) is 0.240. The van der Waals surface area contributed by atoms with Crippen molar-refractivity contribution in [1.82, 2.24) is 0 Å². The monoisotopic (exact) mass is 423 g/mol. The number of halogens is 2.